The third-order valence-corrected chi connectivity index (χ3v) is 5.65. The number of nitrogens with one attached hydrogen (secondary N) is 3. The first-order valence-electron chi connectivity index (χ1n) is 10.5. The highest BCUT2D eigenvalue weighted by molar-refractivity contribution is 5.98. The molecule has 3 aromatic rings. The maximum absolute atomic E-state index is 13.0. The number of aromatic nitrogens is 4. The number of hydrogen-bond acceptors (Lipinski definition) is 6. The summed E-state index contributed by atoms with van der Waals surface area (Å²) >= 11 is 0. The van der Waals surface area contributed by atoms with Gasteiger partial charge in [-0.15, -0.1) is 10.2 Å². The van der Waals surface area contributed by atoms with Crippen molar-refractivity contribution in [2.24, 2.45) is 0 Å². The zero-order valence-electron chi connectivity index (χ0n) is 16.9. The summed E-state index contributed by atoms with van der Waals surface area (Å²) in [6, 6.07) is 8.44. The van der Waals surface area contributed by atoms with Gasteiger partial charge in [-0.05, 0) is 31.4 Å². The first-order chi connectivity index (χ1) is 14.7. The third-order valence-electron chi connectivity index (χ3n) is 5.65. The molecule has 30 heavy (non-hydrogen) atoms. The number of H-pyrrole nitrogens is 1. The second-order valence-corrected chi connectivity index (χ2v) is 7.74. The van der Waals surface area contributed by atoms with Gasteiger partial charge in [-0.1, -0.05) is 49.6 Å². The summed E-state index contributed by atoms with van der Waals surface area (Å²) in [7, 11) is 0. The van der Waals surface area contributed by atoms with Crippen molar-refractivity contribution in [3.63, 3.8) is 0 Å². The Labute approximate surface area is 174 Å². The normalized spacial score (nSPS) is 19.6. The van der Waals surface area contributed by atoms with Crippen LogP contribution in [0.3, 0.4) is 0 Å². The second-order valence-electron chi connectivity index (χ2n) is 7.74. The first kappa shape index (κ1) is 20.1. The average Bonchev–Trinajstić information content (AvgIpc) is 3.50. The Morgan fingerprint density at radius 2 is 2.17 bits per heavy atom. The van der Waals surface area contributed by atoms with Gasteiger partial charge in [-0.25, -0.2) is 0 Å². The van der Waals surface area contributed by atoms with Crippen LogP contribution in [0.25, 0.3) is 11.0 Å². The van der Waals surface area contributed by atoms with E-state index in [2.05, 4.69) is 38.2 Å². The number of furan rings is 1. The Hall–Kier alpha value is -3.23. The van der Waals surface area contributed by atoms with Crippen molar-refractivity contribution in [3.8, 4) is 0 Å². The van der Waals surface area contributed by atoms with E-state index in [9.17, 15) is 9.59 Å². The molecule has 1 aliphatic rings. The predicted molar refractivity (Wildman–Crippen MR) is 110 cm³/mol. The summed E-state index contributed by atoms with van der Waals surface area (Å²) in [6.45, 7) is 2.05. The Kier molecular flexibility index (Phi) is 6.06. The van der Waals surface area contributed by atoms with Crippen LogP contribution in [-0.2, 0) is 4.79 Å². The number of para-hydroxylation sites is 1. The molecule has 0 saturated heterocycles. The lowest BCUT2D eigenvalue weighted by atomic mass is 10.0. The van der Waals surface area contributed by atoms with Crippen molar-refractivity contribution in [2.75, 3.05) is 0 Å². The minimum absolute atomic E-state index is 0.0330. The van der Waals surface area contributed by atoms with Crippen molar-refractivity contribution in [3.05, 3.63) is 41.9 Å². The summed E-state index contributed by atoms with van der Waals surface area (Å²) in [4.78, 5) is 25.8. The molecule has 4 rings (SSSR count). The first-order valence-corrected chi connectivity index (χ1v) is 10.5. The molecule has 0 radical (unpaired) electrons. The third kappa shape index (κ3) is 4.34. The molecule has 2 heterocycles. The highest BCUT2D eigenvalue weighted by Crippen LogP contribution is 2.32. The van der Waals surface area contributed by atoms with E-state index in [-0.39, 0.29) is 29.5 Å². The molecule has 0 unspecified atom stereocenters. The van der Waals surface area contributed by atoms with Crippen LogP contribution in [-0.4, -0.2) is 44.5 Å². The Morgan fingerprint density at radius 3 is 2.93 bits per heavy atom. The van der Waals surface area contributed by atoms with E-state index in [1.165, 1.54) is 0 Å². The van der Waals surface area contributed by atoms with Gasteiger partial charge in [0.2, 0.25) is 5.91 Å². The van der Waals surface area contributed by atoms with Crippen LogP contribution in [0.15, 0.2) is 34.7 Å². The van der Waals surface area contributed by atoms with E-state index in [4.69, 9.17) is 4.42 Å². The van der Waals surface area contributed by atoms with E-state index in [0.29, 0.717) is 17.8 Å². The number of nitrogens with zero attached hydrogens (tertiary/aromatic N) is 3. The molecular formula is C21H26N6O3. The van der Waals surface area contributed by atoms with Crippen LogP contribution < -0.4 is 10.6 Å². The van der Waals surface area contributed by atoms with Gasteiger partial charge in [0.05, 0.1) is 0 Å². The number of unbranched alkanes of at least 4 members (excludes halogenated alkanes) is 1. The van der Waals surface area contributed by atoms with Gasteiger partial charge in [0.1, 0.15) is 11.6 Å². The number of amides is 2. The fourth-order valence-corrected chi connectivity index (χ4v) is 4.05. The molecule has 3 atom stereocenters. The van der Waals surface area contributed by atoms with Crippen molar-refractivity contribution >= 4 is 22.8 Å². The van der Waals surface area contributed by atoms with Gasteiger partial charge >= 0.3 is 0 Å². The number of benzene rings is 1. The second kappa shape index (κ2) is 9.06. The van der Waals surface area contributed by atoms with E-state index in [1.807, 2.05) is 24.3 Å². The number of fused-ring (bicyclic) bond motifs is 1. The molecule has 1 aliphatic carbocycles. The maximum atomic E-state index is 13.0. The van der Waals surface area contributed by atoms with E-state index >= 15 is 0 Å². The fraction of sp³-hybridized carbons (Fsp3) is 0.476. The van der Waals surface area contributed by atoms with Crippen molar-refractivity contribution < 1.29 is 14.0 Å². The molecule has 2 amide bonds. The number of aromatic amines is 1. The number of hydrogen-bond donors (Lipinski definition) is 3. The van der Waals surface area contributed by atoms with Crippen LogP contribution in [0.1, 0.15) is 67.7 Å². The fourth-order valence-electron chi connectivity index (χ4n) is 4.05. The molecule has 1 aromatic carbocycles. The molecule has 0 spiro atoms. The maximum Gasteiger partial charge on any atom is 0.287 e. The minimum atomic E-state index is -0.628. The van der Waals surface area contributed by atoms with E-state index in [1.54, 1.807) is 6.07 Å². The summed E-state index contributed by atoms with van der Waals surface area (Å²) in [5.74, 6) is 0.285. The zero-order valence-corrected chi connectivity index (χ0v) is 16.9. The highest BCUT2D eigenvalue weighted by atomic mass is 16.3. The summed E-state index contributed by atoms with van der Waals surface area (Å²) in [5, 5.41) is 21.1. The molecular weight excluding hydrogens is 384 g/mol. The largest absolute Gasteiger partial charge is 0.451 e. The molecule has 0 bridgehead atoms. The van der Waals surface area contributed by atoms with Crippen LogP contribution >= 0.6 is 0 Å². The molecule has 9 nitrogen and oxygen atoms in total. The lowest BCUT2D eigenvalue weighted by Crippen LogP contribution is -2.50. The molecule has 0 aliphatic heterocycles. The highest BCUT2D eigenvalue weighted by Gasteiger charge is 2.34. The van der Waals surface area contributed by atoms with E-state index < -0.39 is 6.04 Å². The van der Waals surface area contributed by atoms with Gasteiger partial charge in [0.25, 0.3) is 5.91 Å². The lowest BCUT2D eigenvalue weighted by Gasteiger charge is -2.23. The standard InChI is InChI=1S/C21H26N6O3/c1-2-3-9-16(23-21(29)18-12-13-7-4-5-11-17(13)30-18)20(28)22-15-10-6-8-14(15)19-24-26-27-25-19/h4-5,7,11-12,14-16H,2-3,6,8-10H2,1H3,(H,22,28)(H,23,29)(H,24,25,26,27)/t14-,15+,16+/m1/s1. The van der Waals surface area contributed by atoms with Gasteiger partial charge < -0.3 is 15.1 Å². The lowest BCUT2D eigenvalue weighted by molar-refractivity contribution is -0.124. The number of carbonyl (C=O) groups excluding carboxylic acids is 2. The van der Waals surface area contributed by atoms with Crippen LogP contribution in [0.2, 0.25) is 0 Å². The minimum Gasteiger partial charge on any atom is -0.451 e. The quantitative estimate of drug-likeness (QED) is 0.524. The van der Waals surface area contributed by atoms with Gasteiger partial charge in [-0.2, -0.15) is 5.21 Å². The van der Waals surface area contributed by atoms with Crippen LogP contribution in [0.5, 0.6) is 0 Å². The summed E-state index contributed by atoms with van der Waals surface area (Å²) in [5.41, 5.74) is 0.645. The molecule has 2 aromatic heterocycles. The van der Waals surface area contributed by atoms with Crippen molar-refractivity contribution in [2.45, 2.75) is 63.5 Å². The molecule has 158 valence electrons. The molecule has 9 heteroatoms. The van der Waals surface area contributed by atoms with E-state index in [0.717, 1.165) is 37.5 Å². The summed E-state index contributed by atoms with van der Waals surface area (Å²) in [6.07, 6.45) is 5.05. The van der Waals surface area contributed by atoms with Gasteiger partial charge in [0, 0.05) is 17.3 Å². The smallest absolute Gasteiger partial charge is 0.287 e. The summed E-state index contributed by atoms with van der Waals surface area (Å²) < 4.78 is 5.64. The zero-order chi connectivity index (χ0) is 20.9. The van der Waals surface area contributed by atoms with Gasteiger partial charge in [-0.3, -0.25) is 9.59 Å². The van der Waals surface area contributed by atoms with Gasteiger partial charge in [0.15, 0.2) is 11.6 Å². The molecule has 1 saturated carbocycles. The van der Waals surface area contributed by atoms with Crippen molar-refractivity contribution in [1.82, 2.24) is 31.3 Å². The van der Waals surface area contributed by atoms with Crippen LogP contribution in [0.4, 0.5) is 0 Å². The molecule has 3 N–H and O–H groups in total. The number of rotatable bonds is 8. The molecule has 1 fully saturated rings. The SMILES string of the molecule is CCCC[C@H](NC(=O)c1cc2ccccc2o1)C(=O)N[C@H]1CCC[C@H]1c1nn[nH]n1. The van der Waals surface area contributed by atoms with Crippen molar-refractivity contribution in [1.29, 1.82) is 0 Å². The van der Waals surface area contributed by atoms with Crippen LogP contribution in [0, 0.1) is 0 Å². The Balaban J connectivity index is 1.44. The Morgan fingerprint density at radius 1 is 1.30 bits per heavy atom. The Bertz CT molecular complexity index is 966. The predicted octanol–water partition coefficient (Wildman–Crippen LogP) is 2.69. The number of tetrazole rings is 1. The number of carbonyl (C=O) groups is 2. The monoisotopic (exact) mass is 410 g/mol. The average molecular weight is 410 g/mol. The topological polar surface area (TPSA) is 126 Å².